The highest BCUT2D eigenvalue weighted by atomic mass is 35.5. The number of hydrogen-bond donors (Lipinski definition) is 2. The molecule has 0 bridgehead atoms. The van der Waals surface area contributed by atoms with E-state index in [1.807, 2.05) is 0 Å². The molecule has 0 fully saturated rings. The number of pyridine rings is 1. The second-order valence-electron chi connectivity index (χ2n) is 4.79. The molecule has 0 spiro atoms. The number of aromatic nitrogens is 1. The summed E-state index contributed by atoms with van der Waals surface area (Å²) in [5.41, 5.74) is 5.28. The monoisotopic (exact) mass is 439 g/mol. The highest BCUT2D eigenvalue weighted by Gasteiger charge is 2.20. The highest BCUT2D eigenvalue weighted by molar-refractivity contribution is 7.89. The average molecular weight is 441 g/mol. The minimum absolute atomic E-state index is 0.00507. The Morgan fingerprint density at radius 3 is 2.27 bits per heavy atom. The van der Waals surface area contributed by atoms with Crippen LogP contribution in [0.2, 0.25) is 15.2 Å². The van der Waals surface area contributed by atoms with Crippen LogP contribution < -0.4 is 15.6 Å². The quantitative estimate of drug-likeness (QED) is 0.400. The number of ether oxygens (including phenoxy) is 2. The van der Waals surface area contributed by atoms with Crippen molar-refractivity contribution < 1.29 is 22.7 Å². The number of nitrogens with two attached hydrogens (primary N) is 2. The lowest BCUT2D eigenvalue weighted by molar-refractivity contribution is 0.0444. The van der Waals surface area contributed by atoms with Gasteiger partial charge in [-0.15, -0.1) is 0 Å². The van der Waals surface area contributed by atoms with Crippen LogP contribution in [-0.2, 0) is 14.8 Å². The van der Waals surface area contributed by atoms with Gasteiger partial charge in [-0.05, 0) is 24.3 Å². The molecule has 0 unspecified atom stereocenters. The molecule has 0 atom stereocenters. The van der Waals surface area contributed by atoms with Crippen molar-refractivity contribution in [3.8, 4) is 5.75 Å². The molecule has 0 aliphatic heterocycles. The zero-order chi connectivity index (χ0) is 19.5. The van der Waals surface area contributed by atoms with Crippen LogP contribution in [0, 0.1) is 0 Å². The van der Waals surface area contributed by atoms with Crippen molar-refractivity contribution in [3.05, 3.63) is 45.2 Å². The minimum Gasteiger partial charge on any atom is -0.490 e. The molecule has 0 saturated carbocycles. The third-order valence-corrected chi connectivity index (χ3v) is 5.07. The lowest BCUT2D eigenvalue weighted by Crippen LogP contribution is -2.15. The molecular weight excluding hydrogens is 429 g/mol. The average Bonchev–Trinajstić information content (AvgIpc) is 2.59. The number of carbonyl (C=O) groups excluding carboxylic acids is 1. The smallest absolute Gasteiger partial charge is 0.358 e. The van der Waals surface area contributed by atoms with Gasteiger partial charge in [0.1, 0.15) is 24.0 Å². The maximum atomic E-state index is 12.0. The minimum atomic E-state index is -3.78. The predicted molar refractivity (Wildman–Crippen MR) is 97.3 cm³/mol. The van der Waals surface area contributed by atoms with Gasteiger partial charge in [-0.25, -0.2) is 23.3 Å². The van der Waals surface area contributed by atoms with E-state index in [1.54, 1.807) is 0 Å². The number of nitrogen functional groups attached to an aromatic ring is 1. The van der Waals surface area contributed by atoms with Crippen LogP contribution in [0.3, 0.4) is 0 Å². The van der Waals surface area contributed by atoms with Gasteiger partial charge in [0.25, 0.3) is 0 Å². The Labute approximate surface area is 164 Å². The SMILES string of the molecule is Nc1c(Cl)c(Cl)nc(C(=O)OCCOc2ccc(S(N)(=O)=O)cc2)c1Cl. The Kier molecular flexibility index (Phi) is 6.53. The molecule has 2 rings (SSSR count). The zero-order valence-electron chi connectivity index (χ0n) is 12.9. The Balaban J connectivity index is 1.91. The first-order valence-corrected chi connectivity index (χ1v) is 9.52. The van der Waals surface area contributed by atoms with Crippen LogP contribution in [-0.4, -0.2) is 32.6 Å². The van der Waals surface area contributed by atoms with E-state index in [0.717, 1.165) is 0 Å². The van der Waals surface area contributed by atoms with Gasteiger partial charge in [-0.3, -0.25) is 0 Å². The van der Waals surface area contributed by atoms with E-state index >= 15 is 0 Å². The van der Waals surface area contributed by atoms with E-state index in [-0.39, 0.29) is 44.7 Å². The van der Waals surface area contributed by atoms with Crippen molar-refractivity contribution in [2.75, 3.05) is 18.9 Å². The molecule has 2 aromatic rings. The number of carbonyl (C=O) groups is 1. The third kappa shape index (κ3) is 4.89. The molecule has 0 radical (unpaired) electrons. The van der Waals surface area contributed by atoms with Crippen LogP contribution in [0.5, 0.6) is 5.75 Å². The number of rotatable bonds is 6. The Hall–Kier alpha value is -1.78. The first-order valence-electron chi connectivity index (χ1n) is 6.84. The molecule has 1 aromatic heterocycles. The first kappa shape index (κ1) is 20.5. The van der Waals surface area contributed by atoms with Gasteiger partial charge in [0.2, 0.25) is 10.0 Å². The molecule has 0 aliphatic rings. The van der Waals surface area contributed by atoms with Crippen molar-refractivity contribution in [2.24, 2.45) is 5.14 Å². The molecule has 140 valence electrons. The van der Waals surface area contributed by atoms with Crippen molar-refractivity contribution in [1.82, 2.24) is 4.98 Å². The van der Waals surface area contributed by atoms with Gasteiger partial charge < -0.3 is 15.2 Å². The van der Waals surface area contributed by atoms with E-state index in [9.17, 15) is 13.2 Å². The largest absolute Gasteiger partial charge is 0.490 e. The number of benzene rings is 1. The van der Waals surface area contributed by atoms with Crippen LogP contribution in [0.25, 0.3) is 0 Å². The molecule has 1 aromatic carbocycles. The summed E-state index contributed by atoms with van der Waals surface area (Å²) in [5.74, 6) is -0.489. The summed E-state index contributed by atoms with van der Waals surface area (Å²) in [4.78, 5) is 15.7. The number of primary sulfonamides is 1. The van der Waals surface area contributed by atoms with E-state index in [4.69, 9.17) is 55.1 Å². The molecule has 0 amide bonds. The van der Waals surface area contributed by atoms with E-state index in [0.29, 0.717) is 5.75 Å². The summed E-state index contributed by atoms with van der Waals surface area (Å²) < 4.78 is 32.6. The summed E-state index contributed by atoms with van der Waals surface area (Å²) >= 11 is 17.4. The fraction of sp³-hybridized carbons (Fsp3) is 0.143. The van der Waals surface area contributed by atoms with Crippen LogP contribution >= 0.6 is 34.8 Å². The summed E-state index contributed by atoms with van der Waals surface area (Å²) in [5, 5.41) is 4.60. The van der Waals surface area contributed by atoms with Crippen molar-refractivity contribution in [3.63, 3.8) is 0 Å². The molecule has 0 saturated heterocycles. The fourth-order valence-corrected chi connectivity index (χ4v) is 2.86. The van der Waals surface area contributed by atoms with Crippen LogP contribution in [0.1, 0.15) is 10.5 Å². The molecule has 0 aliphatic carbocycles. The van der Waals surface area contributed by atoms with E-state index in [1.165, 1.54) is 24.3 Å². The van der Waals surface area contributed by atoms with Crippen LogP contribution in [0.4, 0.5) is 5.69 Å². The van der Waals surface area contributed by atoms with Gasteiger partial charge in [-0.1, -0.05) is 34.8 Å². The molecule has 26 heavy (non-hydrogen) atoms. The Bertz CT molecular complexity index is 936. The summed E-state index contributed by atoms with van der Waals surface area (Å²) in [6.45, 7) is -0.136. The molecule has 4 N–H and O–H groups in total. The maximum Gasteiger partial charge on any atom is 0.358 e. The standard InChI is InChI=1S/C14H12Cl3N3O5S/c15-9-11(18)10(16)13(17)20-12(9)14(21)25-6-5-24-7-1-3-8(4-2-7)26(19,22)23/h1-4H,5-6H2,(H2,18,20)(H2,19,22,23). The predicted octanol–water partition coefficient (Wildman–Crippen LogP) is 2.51. The molecular formula is C14H12Cl3N3O5S. The van der Waals surface area contributed by atoms with Gasteiger partial charge in [0, 0.05) is 0 Å². The van der Waals surface area contributed by atoms with Gasteiger partial charge in [0.05, 0.1) is 15.6 Å². The van der Waals surface area contributed by atoms with Gasteiger partial charge >= 0.3 is 5.97 Å². The number of halogens is 3. The third-order valence-electron chi connectivity index (χ3n) is 3.00. The van der Waals surface area contributed by atoms with Crippen molar-refractivity contribution in [2.45, 2.75) is 4.90 Å². The first-order chi connectivity index (χ1) is 12.1. The summed E-state index contributed by atoms with van der Waals surface area (Å²) in [6, 6.07) is 5.41. The van der Waals surface area contributed by atoms with Crippen molar-refractivity contribution in [1.29, 1.82) is 0 Å². The van der Waals surface area contributed by atoms with Gasteiger partial charge in [-0.2, -0.15) is 0 Å². The highest BCUT2D eigenvalue weighted by Crippen LogP contribution is 2.34. The summed E-state index contributed by atoms with van der Waals surface area (Å²) in [6.07, 6.45) is 0. The number of hydrogen-bond acceptors (Lipinski definition) is 7. The maximum absolute atomic E-state index is 12.0. The zero-order valence-corrected chi connectivity index (χ0v) is 16.0. The number of nitrogens with zero attached hydrogens (tertiary/aromatic N) is 1. The molecule has 12 heteroatoms. The Morgan fingerprint density at radius 2 is 1.69 bits per heavy atom. The topological polar surface area (TPSA) is 135 Å². The number of sulfonamides is 1. The normalized spacial score (nSPS) is 11.2. The molecule has 1 heterocycles. The second kappa shape index (κ2) is 8.28. The lowest BCUT2D eigenvalue weighted by Gasteiger charge is -2.10. The number of esters is 1. The van der Waals surface area contributed by atoms with E-state index in [2.05, 4.69) is 4.98 Å². The fourth-order valence-electron chi connectivity index (χ4n) is 1.75. The Morgan fingerprint density at radius 1 is 1.08 bits per heavy atom. The van der Waals surface area contributed by atoms with Crippen LogP contribution in [0.15, 0.2) is 29.2 Å². The number of anilines is 1. The lowest BCUT2D eigenvalue weighted by atomic mass is 10.3. The van der Waals surface area contributed by atoms with Crippen molar-refractivity contribution >= 4 is 56.5 Å². The van der Waals surface area contributed by atoms with E-state index < -0.39 is 16.0 Å². The molecule has 8 nitrogen and oxygen atoms in total. The second-order valence-corrected chi connectivity index (χ2v) is 7.47. The summed E-state index contributed by atoms with van der Waals surface area (Å²) in [7, 11) is -3.78. The van der Waals surface area contributed by atoms with Gasteiger partial charge in [0.15, 0.2) is 10.8 Å².